The van der Waals surface area contributed by atoms with Gasteiger partial charge in [0.25, 0.3) is 0 Å². The number of methoxy groups -OCH3 is 2. The van der Waals surface area contributed by atoms with Gasteiger partial charge in [-0.2, -0.15) is 0 Å². The molecule has 0 amide bonds. The van der Waals surface area contributed by atoms with Crippen molar-refractivity contribution >= 4 is 22.2 Å². The first kappa shape index (κ1) is 21.7. The van der Waals surface area contributed by atoms with E-state index in [2.05, 4.69) is 53.3 Å². The molecule has 0 saturated carbocycles. The predicted octanol–water partition coefficient (Wildman–Crippen LogP) is 5.39. The highest BCUT2D eigenvalue weighted by atomic mass is 32.1. The Kier molecular flexibility index (Phi) is 6.85. The van der Waals surface area contributed by atoms with Gasteiger partial charge >= 0.3 is 0 Å². The van der Waals surface area contributed by atoms with E-state index in [0.717, 1.165) is 59.5 Å². The molecular weight excluding hydrogens is 408 g/mol. The van der Waals surface area contributed by atoms with Crippen LogP contribution in [0.5, 0.6) is 5.75 Å². The summed E-state index contributed by atoms with van der Waals surface area (Å²) in [4.78, 5) is 13.0. The van der Waals surface area contributed by atoms with Crippen LogP contribution in [0.4, 0.5) is 10.8 Å². The first-order valence-corrected chi connectivity index (χ1v) is 11.4. The summed E-state index contributed by atoms with van der Waals surface area (Å²) in [6, 6.07) is 10.8. The van der Waals surface area contributed by atoms with Crippen molar-refractivity contribution in [1.29, 1.82) is 0 Å². The number of anilines is 2. The smallest absolute Gasteiger partial charge is 0.187 e. The first-order valence-electron chi connectivity index (χ1n) is 10.6. The van der Waals surface area contributed by atoms with Gasteiger partial charge in [0.05, 0.1) is 25.5 Å². The molecule has 1 fully saturated rings. The molecule has 6 nitrogen and oxygen atoms in total. The van der Waals surface area contributed by atoms with Crippen LogP contribution in [0.25, 0.3) is 0 Å². The van der Waals surface area contributed by atoms with E-state index in [1.807, 2.05) is 12.3 Å². The summed E-state index contributed by atoms with van der Waals surface area (Å²) >= 11 is 1.66. The van der Waals surface area contributed by atoms with Crippen molar-refractivity contribution in [1.82, 2.24) is 14.9 Å². The molecule has 2 aromatic heterocycles. The summed E-state index contributed by atoms with van der Waals surface area (Å²) in [5, 5.41) is 4.36. The molecule has 1 unspecified atom stereocenters. The number of hydrogen-bond donors (Lipinski definition) is 1. The zero-order chi connectivity index (χ0) is 21.8. The van der Waals surface area contributed by atoms with Gasteiger partial charge in [0, 0.05) is 41.7 Å². The molecule has 4 rings (SSSR count). The van der Waals surface area contributed by atoms with E-state index in [1.54, 1.807) is 25.6 Å². The van der Waals surface area contributed by atoms with E-state index in [9.17, 15) is 0 Å². The molecule has 1 aliphatic heterocycles. The van der Waals surface area contributed by atoms with Gasteiger partial charge in [0.1, 0.15) is 5.75 Å². The maximum Gasteiger partial charge on any atom is 0.187 e. The minimum absolute atomic E-state index is 0.286. The van der Waals surface area contributed by atoms with Crippen molar-refractivity contribution in [3.63, 3.8) is 0 Å². The maximum atomic E-state index is 5.64. The minimum atomic E-state index is 0.286. The van der Waals surface area contributed by atoms with Gasteiger partial charge in [-0.3, -0.25) is 9.88 Å². The van der Waals surface area contributed by atoms with Crippen LogP contribution in [0.3, 0.4) is 0 Å². The monoisotopic (exact) mass is 438 g/mol. The number of hydrogen-bond acceptors (Lipinski definition) is 7. The number of rotatable bonds is 8. The molecule has 3 heterocycles. The lowest BCUT2D eigenvalue weighted by Crippen LogP contribution is -2.24. The lowest BCUT2D eigenvalue weighted by atomic mass is 10.1. The maximum absolute atomic E-state index is 5.64. The second-order valence-electron chi connectivity index (χ2n) is 8.03. The third-order valence-corrected chi connectivity index (χ3v) is 6.41. The van der Waals surface area contributed by atoms with Crippen LogP contribution >= 0.6 is 11.3 Å². The van der Waals surface area contributed by atoms with E-state index < -0.39 is 0 Å². The fourth-order valence-corrected chi connectivity index (χ4v) is 4.94. The van der Waals surface area contributed by atoms with Crippen LogP contribution < -0.4 is 10.1 Å². The molecule has 1 saturated heterocycles. The summed E-state index contributed by atoms with van der Waals surface area (Å²) in [6.45, 7) is 6.60. The third-order valence-electron chi connectivity index (χ3n) is 5.58. The number of aromatic nitrogens is 2. The van der Waals surface area contributed by atoms with Crippen molar-refractivity contribution in [3.8, 4) is 5.75 Å². The largest absolute Gasteiger partial charge is 0.496 e. The number of nitrogens with zero attached hydrogens (tertiary/aromatic N) is 3. The predicted molar refractivity (Wildman–Crippen MR) is 125 cm³/mol. The fraction of sp³-hybridized carbons (Fsp3) is 0.417. The summed E-state index contributed by atoms with van der Waals surface area (Å²) in [5.41, 5.74) is 5.52. The van der Waals surface area contributed by atoms with E-state index in [4.69, 9.17) is 14.5 Å². The highest BCUT2D eigenvalue weighted by molar-refractivity contribution is 7.15. The van der Waals surface area contributed by atoms with E-state index in [0.29, 0.717) is 6.61 Å². The zero-order valence-corrected chi connectivity index (χ0v) is 19.5. The Morgan fingerprint density at radius 1 is 1.19 bits per heavy atom. The minimum Gasteiger partial charge on any atom is -0.496 e. The second kappa shape index (κ2) is 9.77. The van der Waals surface area contributed by atoms with Crippen molar-refractivity contribution < 1.29 is 9.47 Å². The van der Waals surface area contributed by atoms with E-state index in [1.165, 1.54) is 10.4 Å². The normalized spacial score (nSPS) is 16.6. The average molecular weight is 439 g/mol. The van der Waals surface area contributed by atoms with Crippen LogP contribution in [0.1, 0.15) is 46.3 Å². The Labute approximate surface area is 188 Å². The molecule has 1 aliphatic rings. The molecule has 7 heteroatoms. The van der Waals surface area contributed by atoms with Gasteiger partial charge in [0.2, 0.25) is 0 Å². The third kappa shape index (κ3) is 5.23. The van der Waals surface area contributed by atoms with E-state index >= 15 is 0 Å². The molecule has 164 valence electrons. The Morgan fingerprint density at radius 2 is 2.06 bits per heavy atom. The SMILES string of the molecule is COCc1ccc(OC)c(CN2CCCC2c2cc(Nc3ncc(C)s3)cc(C)n2)c1. The first-order chi connectivity index (χ1) is 15.1. The van der Waals surface area contributed by atoms with Crippen molar-refractivity contribution in [3.05, 3.63) is 63.9 Å². The number of aryl methyl sites for hydroxylation is 2. The van der Waals surface area contributed by atoms with Crippen LogP contribution in [0.15, 0.2) is 36.5 Å². The van der Waals surface area contributed by atoms with Crippen molar-refractivity contribution in [2.24, 2.45) is 0 Å². The topological polar surface area (TPSA) is 59.5 Å². The Balaban J connectivity index is 1.57. The van der Waals surface area contributed by atoms with Gasteiger partial charge in [-0.15, -0.1) is 11.3 Å². The molecule has 31 heavy (non-hydrogen) atoms. The zero-order valence-electron chi connectivity index (χ0n) is 18.6. The molecule has 1 N–H and O–H groups in total. The number of nitrogens with one attached hydrogen (secondary N) is 1. The molecule has 1 atom stereocenters. The summed E-state index contributed by atoms with van der Waals surface area (Å²) in [7, 11) is 3.46. The fourth-order valence-electron chi connectivity index (χ4n) is 4.25. The molecule has 1 aromatic carbocycles. The number of pyridine rings is 1. The number of thiazole rings is 1. The van der Waals surface area contributed by atoms with Crippen LogP contribution in [0, 0.1) is 13.8 Å². The summed E-state index contributed by atoms with van der Waals surface area (Å²) in [5.74, 6) is 0.921. The van der Waals surface area contributed by atoms with Crippen LogP contribution in [-0.4, -0.2) is 35.6 Å². The molecule has 3 aromatic rings. The van der Waals surface area contributed by atoms with Gasteiger partial charge in [0.15, 0.2) is 5.13 Å². The number of benzene rings is 1. The van der Waals surface area contributed by atoms with E-state index in [-0.39, 0.29) is 6.04 Å². The Hall–Kier alpha value is -2.48. The lowest BCUT2D eigenvalue weighted by molar-refractivity contribution is 0.184. The Bertz CT molecular complexity index is 1040. The van der Waals surface area contributed by atoms with Crippen molar-refractivity contribution in [2.75, 3.05) is 26.1 Å². The lowest BCUT2D eigenvalue weighted by Gasteiger charge is -2.26. The van der Waals surface area contributed by atoms with Gasteiger partial charge in [-0.25, -0.2) is 4.98 Å². The second-order valence-corrected chi connectivity index (χ2v) is 9.27. The highest BCUT2D eigenvalue weighted by Crippen LogP contribution is 2.35. The average Bonchev–Trinajstić information content (AvgIpc) is 3.37. The van der Waals surface area contributed by atoms with Gasteiger partial charge in [-0.05, 0) is 63.1 Å². The highest BCUT2D eigenvalue weighted by Gasteiger charge is 2.28. The van der Waals surface area contributed by atoms with Gasteiger partial charge < -0.3 is 14.8 Å². The summed E-state index contributed by atoms with van der Waals surface area (Å²) in [6.07, 6.45) is 4.16. The van der Waals surface area contributed by atoms with Crippen LogP contribution in [0.2, 0.25) is 0 Å². The number of likely N-dealkylation sites (tertiary alicyclic amines) is 1. The molecular formula is C24H30N4O2S. The standard InChI is InChI=1S/C24H30N4O2S/c1-16-10-20(27-24-25-13-17(2)31-24)12-21(26-16)22-6-5-9-28(22)14-19-11-18(15-29-3)7-8-23(19)30-4/h7-8,10-13,22H,5-6,9,14-15H2,1-4H3,(H,25,26,27). The molecule has 0 spiro atoms. The molecule has 0 bridgehead atoms. The van der Waals surface area contributed by atoms with Gasteiger partial charge in [-0.1, -0.05) is 6.07 Å². The number of ether oxygens (including phenoxy) is 2. The quantitative estimate of drug-likeness (QED) is 0.509. The summed E-state index contributed by atoms with van der Waals surface area (Å²) < 4.78 is 11.0. The van der Waals surface area contributed by atoms with Crippen LogP contribution in [-0.2, 0) is 17.9 Å². The molecule has 0 radical (unpaired) electrons. The van der Waals surface area contributed by atoms with Crippen molar-refractivity contribution in [2.45, 2.75) is 45.9 Å². The molecule has 0 aliphatic carbocycles. The Morgan fingerprint density at radius 3 is 2.81 bits per heavy atom.